The SMILES string of the molecule is O=C(c1ccoc1)N1CCC[C@H]1c1nc(-c2ccc(F)cc2F)no1. The number of hydrogen-bond donors (Lipinski definition) is 0. The Morgan fingerprint density at radius 3 is 2.92 bits per heavy atom. The van der Waals surface area contributed by atoms with E-state index in [1.807, 2.05) is 0 Å². The topological polar surface area (TPSA) is 72.4 Å². The van der Waals surface area contributed by atoms with Gasteiger partial charge in [-0.05, 0) is 31.0 Å². The van der Waals surface area contributed by atoms with Crippen LogP contribution < -0.4 is 0 Å². The molecule has 2 aromatic heterocycles. The van der Waals surface area contributed by atoms with E-state index in [0.717, 1.165) is 18.6 Å². The molecule has 0 radical (unpaired) electrons. The molecule has 0 saturated carbocycles. The molecule has 3 aromatic rings. The summed E-state index contributed by atoms with van der Waals surface area (Å²) < 4.78 is 37.1. The first kappa shape index (κ1) is 15.5. The molecule has 1 saturated heterocycles. The van der Waals surface area contributed by atoms with Crippen molar-refractivity contribution < 1.29 is 22.5 Å². The molecule has 1 amide bonds. The van der Waals surface area contributed by atoms with Crippen LogP contribution in [0.25, 0.3) is 11.4 Å². The first-order valence-corrected chi connectivity index (χ1v) is 7.75. The molecule has 25 heavy (non-hydrogen) atoms. The number of carbonyl (C=O) groups excluding carboxylic acids is 1. The molecule has 3 heterocycles. The first-order chi connectivity index (χ1) is 12.1. The fourth-order valence-corrected chi connectivity index (χ4v) is 2.97. The van der Waals surface area contributed by atoms with Crippen LogP contribution in [0, 0.1) is 11.6 Å². The number of carbonyl (C=O) groups is 1. The average Bonchev–Trinajstić information content (AvgIpc) is 3.34. The minimum Gasteiger partial charge on any atom is -0.472 e. The summed E-state index contributed by atoms with van der Waals surface area (Å²) in [5.74, 6) is -1.39. The zero-order valence-corrected chi connectivity index (χ0v) is 13.0. The van der Waals surface area contributed by atoms with Gasteiger partial charge in [0.2, 0.25) is 11.7 Å². The number of hydrogen-bond acceptors (Lipinski definition) is 5. The average molecular weight is 345 g/mol. The van der Waals surface area contributed by atoms with Crippen LogP contribution in [0.4, 0.5) is 8.78 Å². The van der Waals surface area contributed by atoms with Gasteiger partial charge in [-0.3, -0.25) is 4.79 Å². The van der Waals surface area contributed by atoms with E-state index < -0.39 is 11.6 Å². The standard InChI is InChI=1S/C17H13F2N3O3/c18-11-3-4-12(13(19)8-11)15-20-16(25-21-15)14-2-1-6-22(14)17(23)10-5-7-24-9-10/h3-5,7-9,14H,1-2,6H2/t14-/m0/s1. The van der Waals surface area contributed by atoms with Crippen molar-refractivity contribution in [3.8, 4) is 11.4 Å². The van der Waals surface area contributed by atoms with E-state index in [-0.39, 0.29) is 29.2 Å². The summed E-state index contributed by atoms with van der Waals surface area (Å²) in [4.78, 5) is 18.4. The van der Waals surface area contributed by atoms with E-state index in [9.17, 15) is 13.6 Å². The van der Waals surface area contributed by atoms with Gasteiger partial charge < -0.3 is 13.8 Å². The fourth-order valence-electron chi connectivity index (χ4n) is 2.97. The molecule has 1 aromatic carbocycles. The van der Waals surface area contributed by atoms with Gasteiger partial charge in [0.1, 0.15) is 23.9 Å². The lowest BCUT2D eigenvalue weighted by molar-refractivity contribution is 0.0709. The molecule has 6 nitrogen and oxygen atoms in total. The summed E-state index contributed by atoms with van der Waals surface area (Å²) in [5, 5.41) is 3.77. The van der Waals surface area contributed by atoms with Crippen LogP contribution in [0.2, 0.25) is 0 Å². The summed E-state index contributed by atoms with van der Waals surface area (Å²) in [7, 11) is 0. The van der Waals surface area contributed by atoms with Crippen molar-refractivity contribution in [3.63, 3.8) is 0 Å². The molecular formula is C17H13F2N3O3. The van der Waals surface area contributed by atoms with Crippen LogP contribution in [0.3, 0.4) is 0 Å². The Labute approximate surface area is 141 Å². The van der Waals surface area contributed by atoms with E-state index in [0.29, 0.717) is 18.5 Å². The minimum atomic E-state index is -0.773. The third kappa shape index (κ3) is 2.79. The maximum absolute atomic E-state index is 13.9. The maximum atomic E-state index is 13.9. The van der Waals surface area contributed by atoms with Crippen LogP contribution in [0.1, 0.15) is 35.1 Å². The highest BCUT2D eigenvalue weighted by Crippen LogP contribution is 2.33. The molecule has 8 heteroatoms. The number of aromatic nitrogens is 2. The van der Waals surface area contributed by atoms with Crippen molar-refractivity contribution >= 4 is 5.91 Å². The van der Waals surface area contributed by atoms with Crippen LogP contribution >= 0.6 is 0 Å². The van der Waals surface area contributed by atoms with Crippen molar-refractivity contribution in [2.24, 2.45) is 0 Å². The van der Waals surface area contributed by atoms with E-state index >= 15 is 0 Å². The Bertz CT molecular complexity index is 908. The maximum Gasteiger partial charge on any atom is 0.257 e. The zero-order chi connectivity index (χ0) is 17.4. The minimum absolute atomic E-state index is 0.0233. The Balaban J connectivity index is 1.62. The van der Waals surface area contributed by atoms with Gasteiger partial charge in [-0.2, -0.15) is 4.98 Å². The van der Waals surface area contributed by atoms with E-state index in [1.54, 1.807) is 11.0 Å². The number of benzene rings is 1. The molecule has 1 aliphatic rings. The highest BCUT2D eigenvalue weighted by Gasteiger charge is 2.35. The van der Waals surface area contributed by atoms with Gasteiger partial charge in [0, 0.05) is 12.6 Å². The largest absolute Gasteiger partial charge is 0.472 e. The lowest BCUT2D eigenvalue weighted by Crippen LogP contribution is -2.30. The van der Waals surface area contributed by atoms with E-state index in [4.69, 9.17) is 8.94 Å². The smallest absolute Gasteiger partial charge is 0.257 e. The lowest BCUT2D eigenvalue weighted by Gasteiger charge is -2.20. The van der Waals surface area contributed by atoms with Gasteiger partial charge >= 0.3 is 0 Å². The van der Waals surface area contributed by atoms with Gasteiger partial charge in [0.25, 0.3) is 5.91 Å². The van der Waals surface area contributed by atoms with E-state index in [1.165, 1.54) is 18.6 Å². The van der Waals surface area contributed by atoms with Gasteiger partial charge in [0.05, 0.1) is 17.4 Å². The van der Waals surface area contributed by atoms with Gasteiger partial charge in [0.15, 0.2) is 0 Å². The lowest BCUT2D eigenvalue weighted by atomic mass is 10.2. The van der Waals surface area contributed by atoms with Crippen molar-refractivity contribution in [1.82, 2.24) is 15.0 Å². The summed E-state index contributed by atoms with van der Waals surface area (Å²) in [5.41, 5.74) is 0.485. The Morgan fingerprint density at radius 2 is 2.16 bits per heavy atom. The summed E-state index contributed by atoms with van der Waals surface area (Å²) in [6.45, 7) is 0.553. The highest BCUT2D eigenvalue weighted by atomic mass is 19.1. The number of halogens is 2. The number of likely N-dealkylation sites (tertiary alicyclic amines) is 1. The molecule has 0 N–H and O–H groups in total. The van der Waals surface area contributed by atoms with E-state index in [2.05, 4.69) is 10.1 Å². The van der Waals surface area contributed by atoms with Crippen LogP contribution in [-0.4, -0.2) is 27.5 Å². The second-order valence-corrected chi connectivity index (χ2v) is 5.75. The van der Waals surface area contributed by atoms with Gasteiger partial charge in [-0.1, -0.05) is 5.16 Å². The normalized spacial score (nSPS) is 17.2. The number of amides is 1. The predicted octanol–water partition coefficient (Wildman–Crippen LogP) is 3.59. The second-order valence-electron chi connectivity index (χ2n) is 5.75. The number of rotatable bonds is 3. The second kappa shape index (κ2) is 6.12. The summed E-state index contributed by atoms with van der Waals surface area (Å²) in [6, 6.07) is 4.34. The van der Waals surface area contributed by atoms with Gasteiger partial charge in [-0.25, -0.2) is 8.78 Å². The molecular weight excluding hydrogens is 332 g/mol. The molecule has 1 fully saturated rings. The van der Waals surface area contributed by atoms with Crippen molar-refractivity contribution in [2.75, 3.05) is 6.54 Å². The molecule has 0 aliphatic carbocycles. The predicted molar refractivity (Wildman–Crippen MR) is 81.4 cm³/mol. The summed E-state index contributed by atoms with van der Waals surface area (Å²) >= 11 is 0. The number of furan rings is 1. The number of nitrogens with zero attached hydrogens (tertiary/aromatic N) is 3. The molecule has 128 valence electrons. The first-order valence-electron chi connectivity index (χ1n) is 7.75. The van der Waals surface area contributed by atoms with Crippen molar-refractivity contribution in [3.05, 3.63) is 59.9 Å². The van der Waals surface area contributed by atoms with Crippen LogP contribution in [0.15, 0.2) is 45.7 Å². The Hall–Kier alpha value is -3.03. The zero-order valence-electron chi connectivity index (χ0n) is 13.0. The third-order valence-corrected chi connectivity index (χ3v) is 4.18. The molecule has 0 bridgehead atoms. The Morgan fingerprint density at radius 1 is 1.28 bits per heavy atom. The molecule has 1 atom stereocenters. The molecule has 1 aliphatic heterocycles. The monoisotopic (exact) mass is 345 g/mol. The fraction of sp³-hybridized carbons (Fsp3) is 0.235. The van der Waals surface area contributed by atoms with Crippen molar-refractivity contribution in [1.29, 1.82) is 0 Å². The summed E-state index contributed by atoms with van der Waals surface area (Å²) in [6.07, 6.45) is 4.26. The quantitative estimate of drug-likeness (QED) is 0.725. The molecule has 4 rings (SSSR count). The van der Waals surface area contributed by atoms with Crippen molar-refractivity contribution in [2.45, 2.75) is 18.9 Å². The van der Waals surface area contributed by atoms with Crippen LogP contribution in [0.5, 0.6) is 0 Å². The Kier molecular flexibility index (Phi) is 3.79. The highest BCUT2D eigenvalue weighted by molar-refractivity contribution is 5.94. The van der Waals surface area contributed by atoms with Crippen LogP contribution in [-0.2, 0) is 0 Å². The third-order valence-electron chi connectivity index (χ3n) is 4.18. The molecule has 0 unspecified atom stereocenters. The van der Waals surface area contributed by atoms with Gasteiger partial charge in [-0.15, -0.1) is 0 Å². The molecule has 0 spiro atoms.